The summed E-state index contributed by atoms with van der Waals surface area (Å²) in [5.74, 6) is 1.72. The van der Waals surface area contributed by atoms with Crippen LogP contribution >= 0.6 is 11.3 Å². The molecule has 3 heteroatoms. The summed E-state index contributed by atoms with van der Waals surface area (Å²) in [7, 11) is 0. The van der Waals surface area contributed by atoms with Crippen LogP contribution in [0.25, 0.3) is 0 Å². The molecule has 0 N–H and O–H groups in total. The predicted octanol–water partition coefficient (Wildman–Crippen LogP) is 2.91. The molecule has 0 aromatic carbocycles. The van der Waals surface area contributed by atoms with Crippen molar-refractivity contribution in [3.63, 3.8) is 0 Å². The molecule has 16 heavy (non-hydrogen) atoms. The van der Waals surface area contributed by atoms with Gasteiger partial charge in [-0.2, -0.15) is 0 Å². The first-order valence-corrected chi connectivity index (χ1v) is 6.82. The van der Waals surface area contributed by atoms with Gasteiger partial charge in [0.15, 0.2) is 5.78 Å². The molecule has 0 spiro atoms. The van der Waals surface area contributed by atoms with E-state index in [2.05, 4.69) is 18.7 Å². The SMILES string of the molecule is C[C@@H]1C[C@@H](C)CN(CC(=O)c2cccs2)C1. The van der Waals surface area contributed by atoms with E-state index in [1.165, 1.54) is 6.42 Å². The van der Waals surface area contributed by atoms with Gasteiger partial charge in [0.05, 0.1) is 11.4 Å². The Morgan fingerprint density at radius 1 is 1.44 bits per heavy atom. The molecule has 0 aliphatic carbocycles. The van der Waals surface area contributed by atoms with Crippen molar-refractivity contribution < 1.29 is 4.79 Å². The van der Waals surface area contributed by atoms with Crippen molar-refractivity contribution in [1.29, 1.82) is 0 Å². The Morgan fingerprint density at radius 2 is 2.12 bits per heavy atom. The van der Waals surface area contributed by atoms with Crippen molar-refractivity contribution in [2.75, 3.05) is 19.6 Å². The minimum absolute atomic E-state index is 0.274. The molecule has 1 aliphatic heterocycles. The second-order valence-corrected chi connectivity index (χ2v) is 5.99. The van der Waals surface area contributed by atoms with Crippen molar-refractivity contribution in [2.24, 2.45) is 11.8 Å². The third-order valence-electron chi connectivity index (χ3n) is 3.11. The lowest BCUT2D eigenvalue weighted by atomic mass is 9.92. The number of carbonyl (C=O) groups excluding carboxylic acids is 1. The second kappa shape index (κ2) is 5.11. The number of hydrogen-bond acceptors (Lipinski definition) is 3. The van der Waals surface area contributed by atoms with E-state index >= 15 is 0 Å². The molecule has 1 aromatic heterocycles. The van der Waals surface area contributed by atoms with Gasteiger partial charge in [-0.1, -0.05) is 19.9 Å². The zero-order valence-corrected chi connectivity index (χ0v) is 10.8. The maximum atomic E-state index is 12.0. The molecule has 0 unspecified atom stereocenters. The minimum atomic E-state index is 0.274. The molecule has 1 saturated heterocycles. The van der Waals surface area contributed by atoms with Gasteiger partial charge in [-0.05, 0) is 29.7 Å². The van der Waals surface area contributed by atoms with Crippen LogP contribution in [0.4, 0.5) is 0 Å². The van der Waals surface area contributed by atoms with Crippen LogP contribution < -0.4 is 0 Å². The highest BCUT2D eigenvalue weighted by molar-refractivity contribution is 7.12. The van der Waals surface area contributed by atoms with Crippen molar-refractivity contribution in [3.05, 3.63) is 22.4 Å². The number of thiophene rings is 1. The fraction of sp³-hybridized carbons (Fsp3) is 0.615. The van der Waals surface area contributed by atoms with Crippen LogP contribution in [-0.4, -0.2) is 30.3 Å². The van der Waals surface area contributed by atoms with Gasteiger partial charge < -0.3 is 0 Å². The average Bonchev–Trinajstić information content (AvgIpc) is 2.68. The van der Waals surface area contributed by atoms with E-state index in [4.69, 9.17) is 0 Å². The van der Waals surface area contributed by atoms with Crippen LogP contribution in [0.15, 0.2) is 17.5 Å². The summed E-state index contributed by atoms with van der Waals surface area (Å²) in [6, 6.07) is 3.86. The molecule has 1 fully saturated rings. The third-order valence-corrected chi connectivity index (χ3v) is 4.02. The Bertz CT molecular complexity index is 337. The van der Waals surface area contributed by atoms with E-state index in [9.17, 15) is 4.79 Å². The minimum Gasteiger partial charge on any atom is -0.295 e. The zero-order valence-electron chi connectivity index (χ0n) is 9.98. The maximum Gasteiger partial charge on any atom is 0.186 e. The summed E-state index contributed by atoms with van der Waals surface area (Å²) >= 11 is 1.54. The molecule has 2 heterocycles. The second-order valence-electron chi connectivity index (χ2n) is 5.04. The van der Waals surface area contributed by atoms with Crippen molar-refractivity contribution in [1.82, 2.24) is 4.90 Å². The fourth-order valence-corrected chi connectivity index (χ4v) is 3.30. The molecular weight excluding hydrogens is 218 g/mol. The zero-order chi connectivity index (χ0) is 11.5. The Kier molecular flexibility index (Phi) is 3.77. The summed E-state index contributed by atoms with van der Waals surface area (Å²) in [5, 5.41) is 1.97. The summed E-state index contributed by atoms with van der Waals surface area (Å²) < 4.78 is 0. The number of likely N-dealkylation sites (tertiary alicyclic amines) is 1. The summed E-state index contributed by atoms with van der Waals surface area (Å²) in [6.45, 7) is 7.29. The lowest BCUT2D eigenvalue weighted by molar-refractivity contribution is 0.0853. The summed E-state index contributed by atoms with van der Waals surface area (Å²) in [5.41, 5.74) is 0. The quantitative estimate of drug-likeness (QED) is 0.753. The van der Waals surface area contributed by atoms with E-state index < -0.39 is 0 Å². The fourth-order valence-electron chi connectivity index (χ4n) is 2.64. The molecular formula is C13H19NOS. The number of ketones is 1. The molecule has 0 bridgehead atoms. The van der Waals surface area contributed by atoms with Gasteiger partial charge in [-0.3, -0.25) is 9.69 Å². The lowest BCUT2D eigenvalue weighted by Crippen LogP contribution is -2.41. The Labute approximate surface area is 101 Å². The van der Waals surface area contributed by atoms with Crippen molar-refractivity contribution in [2.45, 2.75) is 20.3 Å². The molecule has 88 valence electrons. The highest BCUT2D eigenvalue weighted by atomic mass is 32.1. The van der Waals surface area contributed by atoms with Crippen LogP contribution in [-0.2, 0) is 0 Å². The monoisotopic (exact) mass is 237 g/mol. The van der Waals surface area contributed by atoms with E-state index in [1.54, 1.807) is 11.3 Å². The standard InChI is InChI=1S/C13H19NOS/c1-10-6-11(2)8-14(7-10)9-12(15)13-4-3-5-16-13/h3-5,10-11H,6-9H2,1-2H3/t10-,11-/m1/s1. The van der Waals surface area contributed by atoms with Gasteiger partial charge in [0.25, 0.3) is 0 Å². The molecule has 1 aromatic rings. The van der Waals surface area contributed by atoms with Gasteiger partial charge in [0, 0.05) is 13.1 Å². The highest BCUT2D eigenvalue weighted by Gasteiger charge is 2.23. The summed E-state index contributed by atoms with van der Waals surface area (Å²) in [4.78, 5) is 15.2. The Morgan fingerprint density at radius 3 is 2.69 bits per heavy atom. The average molecular weight is 237 g/mol. The normalized spacial score (nSPS) is 26.9. The molecule has 2 atom stereocenters. The number of hydrogen-bond donors (Lipinski definition) is 0. The summed E-state index contributed by atoms with van der Waals surface area (Å²) in [6.07, 6.45) is 1.30. The van der Waals surface area contributed by atoms with Crippen LogP contribution in [0, 0.1) is 11.8 Å². The smallest absolute Gasteiger partial charge is 0.186 e. The van der Waals surface area contributed by atoms with E-state index in [0.29, 0.717) is 6.54 Å². The number of nitrogens with zero attached hydrogens (tertiary/aromatic N) is 1. The van der Waals surface area contributed by atoms with E-state index in [0.717, 1.165) is 29.8 Å². The molecule has 2 nitrogen and oxygen atoms in total. The number of Topliss-reactive ketones (excluding diaryl/α,β-unsaturated/α-hetero) is 1. The van der Waals surface area contributed by atoms with Gasteiger partial charge >= 0.3 is 0 Å². The lowest BCUT2D eigenvalue weighted by Gasteiger charge is -2.34. The van der Waals surface area contributed by atoms with Gasteiger partial charge in [-0.15, -0.1) is 11.3 Å². The van der Waals surface area contributed by atoms with Gasteiger partial charge in [0.1, 0.15) is 0 Å². The first-order valence-electron chi connectivity index (χ1n) is 5.94. The highest BCUT2D eigenvalue weighted by Crippen LogP contribution is 2.21. The third kappa shape index (κ3) is 2.92. The van der Waals surface area contributed by atoms with Crippen LogP contribution in [0.3, 0.4) is 0 Å². The van der Waals surface area contributed by atoms with Crippen LogP contribution in [0.1, 0.15) is 29.9 Å². The van der Waals surface area contributed by atoms with Crippen molar-refractivity contribution >= 4 is 17.1 Å². The Balaban J connectivity index is 1.92. The number of carbonyl (C=O) groups is 1. The molecule has 0 amide bonds. The first kappa shape index (κ1) is 11.8. The van der Waals surface area contributed by atoms with E-state index in [1.807, 2.05) is 17.5 Å². The first-order chi connectivity index (χ1) is 7.65. The van der Waals surface area contributed by atoms with Crippen LogP contribution in [0.2, 0.25) is 0 Å². The molecule has 1 aliphatic rings. The van der Waals surface area contributed by atoms with Crippen LogP contribution in [0.5, 0.6) is 0 Å². The predicted molar refractivity (Wildman–Crippen MR) is 68.0 cm³/mol. The maximum absolute atomic E-state index is 12.0. The van der Waals surface area contributed by atoms with E-state index in [-0.39, 0.29) is 5.78 Å². The van der Waals surface area contributed by atoms with Gasteiger partial charge in [-0.25, -0.2) is 0 Å². The number of piperidine rings is 1. The van der Waals surface area contributed by atoms with Gasteiger partial charge in [0.2, 0.25) is 0 Å². The molecule has 0 radical (unpaired) electrons. The molecule has 0 saturated carbocycles. The van der Waals surface area contributed by atoms with Crippen molar-refractivity contribution in [3.8, 4) is 0 Å². The molecule has 2 rings (SSSR count). The Hall–Kier alpha value is -0.670. The largest absolute Gasteiger partial charge is 0.295 e. The topological polar surface area (TPSA) is 20.3 Å². The number of rotatable bonds is 3.